The molecule has 0 aliphatic carbocycles. The number of nitrogens with one attached hydrogen (secondary N) is 1. The van der Waals surface area contributed by atoms with Crippen LogP contribution in [0.15, 0.2) is 53.4 Å². The highest BCUT2D eigenvalue weighted by Gasteiger charge is 2.24. The molecule has 0 saturated carbocycles. The van der Waals surface area contributed by atoms with Crippen molar-refractivity contribution in [2.75, 3.05) is 40.5 Å². The van der Waals surface area contributed by atoms with Crippen molar-refractivity contribution in [1.82, 2.24) is 9.62 Å². The van der Waals surface area contributed by atoms with Gasteiger partial charge in [0.2, 0.25) is 10.0 Å². The van der Waals surface area contributed by atoms with Crippen LogP contribution in [0.5, 0.6) is 11.5 Å². The number of fused-ring (bicyclic) bond motifs is 1. The van der Waals surface area contributed by atoms with Gasteiger partial charge in [-0.05, 0) is 36.4 Å². The third-order valence-corrected chi connectivity index (χ3v) is 5.88. The Bertz CT molecular complexity index is 946. The summed E-state index contributed by atoms with van der Waals surface area (Å²) in [6.45, 7) is 1.14. The summed E-state index contributed by atoms with van der Waals surface area (Å²) in [5, 5.41) is 0. The van der Waals surface area contributed by atoms with Crippen molar-refractivity contribution in [3.63, 3.8) is 0 Å². The van der Waals surface area contributed by atoms with Crippen LogP contribution in [-0.4, -0.2) is 65.8 Å². The van der Waals surface area contributed by atoms with Crippen LogP contribution in [0.2, 0.25) is 0 Å². The highest BCUT2D eigenvalue weighted by atomic mass is 32.2. The van der Waals surface area contributed by atoms with Gasteiger partial charge in [-0.3, -0.25) is 4.79 Å². The first-order valence-electron chi connectivity index (χ1n) is 9.13. The largest absolute Gasteiger partial charge is 0.486 e. The lowest BCUT2D eigenvalue weighted by Gasteiger charge is -2.29. The first-order chi connectivity index (χ1) is 13.9. The lowest BCUT2D eigenvalue weighted by atomic mass is 10.2. The molecule has 3 rings (SSSR count). The molecule has 0 fully saturated rings. The maximum atomic E-state index is 12.7. The van der Waals surface area contributed by atoms with Crippen molar-refractivity contribution < 1.29 is 27.4 Å². The Labute approximate surface area is 170 Å². The summed E-state index contributed by atoms with van der Waals surface area (Å²) in [6, 6.07) is 13.2. The van der Waals surface area contributed by atoms with Crippen LogP contribution in [0.25, 0.3) is 0 Å². The van der Waals surface area contributed by atoms with Crippen molar-refractivity contribution in [2.24, 2.45) is 0 Å². The van der Waals surface area contributed by atoms with E-state index in [4.69, 9.17) is 14.2 Å². The summed E-state index contributed by atoms with van der Waals surface area (Å²) in [5.41, 5.74) is 0.389. The Kier molecular flexibility index (Phi) is 6.73. The molecule has 2 aromatic carbocycles. The molecular weight excluding hydrogens is 396 g/mol. The van der Waals surface area contributed by atoms with E-state index in [0.717, 1.165) is 0 Å². The molecule has 156 valence electrons. The van der Waals surface area contributed by atoms with E-state index in [2.05, 4.69) is 4.72 Å². The topological polar surface area (TPSA) is 94.2 Å². The van der Waals surface area contributed by atoms with E-state index in [1.807, 2.05) is 24.3 Å². The molecular formula is C20H24N2O6S. The minimum atomic E-state index is -3.64. The first-order valence-corrected chi connectivity index (χ1v) is 10.6. The molecule has 0 bridgehead atoms. The van der Waals surface area contributed by atoms with Gasteiger partial charge in [-0.25, -0.2) is 13.1 Å². The third-order valence-electron chi connectivity index (χ3n) is 4.40. The number of hydrogen-bond donors (Lipinski definition) is 1. The standard InChI is InChI=1S/C20H24N2O6S/c1-22(13-16-14-27-18-5-3-4-6-19(18)28-16)20(23)15-7-9-17(10-8-15)29(24,25)21-11-12-26-2/h3-10,16,21H,11-14H2,1-2H3. The Hall–Kier alpha value is -2.62. The van der Waals surface area contributed by atoms with Crippen LogP contribution in [0.1, 0.15) is 10.4 Å². The number of carbonyl (C=O) groups is 1. The fraction of sp³-hybridized carbons (Fsp3) is 0.350. The molecule has 0 radical (unpaired) electrons. The Balaban J connectivity index is 1.60. The molecule has 0 aromatic heterocycles. The van der Waals surface area contributed by atoms with Gasteiger partial charge in [-0.1, -0.05) is 12.1 Å². The number of sulfonamides is 1. The number of nitrogens with zero attached hydrogens (tertiary/aromatic N) is 1. The molecule has 9 heteroatoms. The summed E-state index contributed by atoms with van der Waals surface area (Å²) < 4.78 is 43.2. The van der Waals surface area contributed by atoms with Crippen molar-refractivity contribution in [1.29, 1.82) is 0 Å². The number of likely N-dealkylation sites (N-methyl/N-ethyl adjacent to an activating group) is 1. The Morgan fingerprint density at radius 3 is 2.55 bits per heavy atom. The van der Waals surface area contributed by atoms with Gasteiger partial charge in [-0.2, -0.15) is 0 Å². The summed E-state index contributed by atoms with van der Waals surface area (Å²) in [4.78, 5) is 14.3. The van der Waals surface area contributed by atoms with Crippen LogP contribution in [0.3, 0.4) is 0 Å². The fourth-order valence-corrected chi connectivity index (χ4v) is 3.91. The average Bonchev–Trinajstić information content (AvgIpc) is 2.73. The van der Waals surface area contributed by atoms with Gasteiger partial charge >= 0.3 is 0 Å². The highest BCUT2D eigenvalue weighted by Crippen LogP contribution is 2.31. The lowest BCUT2D eigenvalue weighted by Crippen LogP contribution is -2.41. The van der Waals surface area contributed by atoms with Gasteiger partial charge in [0.1, 0.15) is 6.61 Å². The van der Waals surface area contributed by atoms with E-state index in [1.54, 1.807) is 7.05 Å². The van der Waals surface area contributed by atoms with E-state index in [0.29, 0.717) is 30.2 Å². The smallest absolute Gasteiger partial charge is 0.253 e. The van der Waals surface area contributed by atoms with Crippen molar-refractivity contribution in [2.45, 2.75) is 11.0 Å². The summed E-state index contributed by atoms with van der Waals surface area (Å²) in [7, 11) is -0.473. The van der Waals surface area contributed by atoms with Crippen molar-refractivity contribution >= 4 is 15.9 Å². The molecule has 1 unspecified atom stereocenters. The second kappa shape index (κ2) is 9.25. The number of para-hydroxylation sites is 2. The predicted octanol–water partition coefficient (Wildman–Crippen LogP) is 1.52. The fourth-order valence-electron chi connectivity index (χ4n) is 2.90. The quantitative estimate of drug-likeness (QED) is 0.651. The van der Waals surface area contributed by atoms with E-state index >= 15 is 0 Å². The second-order valence-electron chi connectivity index (χ2n) is 6.60. The van der Waals surface area contributed by atoms with Crippen molar-refractivity contribution in [3.8, 4) is 11.5 Å². The number of ether oxygens (including phenoxy) is 3. The van der Waals surface area contributed by atoms with E-state index in [1.165, 1.54) is 36.3 Å². The zero-order chi connectivity index (χ0) is 20.9. The zero-order valence-corrected chi connectivity index (χ0v) is 17.1. The number of carbonyl (C=O) groups excluding carboxylic acids is 1. The Morgan fingerprint density at radius 1 is 1.17 bits per heavy atom. The molecule has 8 nitrogen and oxygen atoms in total. The van der Waals surface area contributed by atoms with Crippen LogP contribution >= 0.6 is 0 Å². The highest BCUT2D eigenvalue weighted by molar-refractivity contribution is 7.89. The molecule has 1 amide bonds. The van der Waals surface area contributed by atoms with Gasteiger partial charge in [-0.15, -0.1) is 0 Å². The van der Waals surface area contributed by atoms with Crippen LogP contribution in [0.4, 0.5) is 0 Å². The predicted molar refractivity (Wildman–Crippen MR) is 107 cm³/mol. The second-order valence-corrected chi connectivity index (χ2v) is 8.37. The molecule has 0 spiro atoms. The van der Waals surface area contributed by atoms with Gasteiger partial charge in [0.15, 0.2) is 17.6 Å². The summed E-state index contributed by atoms with van der Waals surface area (Å²) in [5.74, 6) is 1.11. The average molecular weight is 420 g/mol. The zero-order valence-electron chi connectivity index (χ0n) is 16.3. The van der Waals surface area contributed by atoms with Crippen LogP contribution < -0.4 is 14.2 Å². The SMILES string of the molecule is COCCNS(=O)(=O)c1ccc(C(=O)N(C)CC2COc3ccccc3O2)cc1. The van der Waals surface area contributed by atoms with E-state index in [9.17, 15) is 13.2 Å². The van der Waals surface area contributed by atoms with Crippen LogP contribution in [-0.2, 0) is 14.8 Å². The lowest BCUT2D eigenvalue weighted by molar-refractivity contribution is 0.0521. The molecule has 1 heterocycles. The van der Waals surface area contributed by atoms with Gasteiger partial charge in [0.25, 0.3) is 5.91 Å². The van der Waals surface area contributed by atoms with E-state index < -0.39 is 10.0 Å². The molecule has 1 N–H and O–H groups in total. The molecule has 2 aromatic rings. The van der Waals surface area contributed by atoms with Crippen molar-refractivity contribution in [3.05, 3.63) is 54.1 Å². The summed E-state index contributed by atoms with van der Waals surface area (Å²) in [6.07, 6.45) is -0.288. The monoisotopic (exact) mass is 420 g/mol. The summed E-state index contributed by atoms with van der Waals surface area (Å²) >= 11 is 0. The molecule has 1 aliphatic heterocycles. The normalized spacial score (nSPS) is 15.7. The number of hydrogen-bond acceptors (Lipinski definition) is 6. The maximum absolute atomic E-state index is 12.7. The number of benzene rings is 2. The third kappa shape index (κ3) is 5.26. The van der Waals surface area contributed by atoms with Gasteiger partial charge in [0.05, 0.1) is 18.0 Å². The minimum absolute atomic E-state index is 0.0911. The molecule has 1 atom stereocenters. The van der Waals surface area contributed by atoms with Gasteiger partial charge < -0.3 is 19.1 Å². The van der Waals surface area contributed by atoms with Gasteiger partial charge in [0, 0.05) is 26.3 Å². The molecule has 29 heavy (non-hydrogen) atoms. The first kappa shape index (κ1) is 21.1. The maximum Gasteiger partial charge on any atom is 0.253 e. The molecule has 1 aliphatic rings. The molecule has 0 saturated heterocycles. The minimum Gasteiger partial charge on any atom is -0.486 e. The number of rotatable bonds is 8. The number of amides is 1. The Morgan fingerprint density at radius 2 is 1.86 bits per heavy atom. The number of methoxy groups -OCH3 is 1. The van der Waals surface area contributed by atoms with Crippen LogP contribution in [0, 0.1) is 0 Å². The van der Waals surface area contributed by atoms with E-state index in [-0.39, 0.29) is 30.1 Å².